The molecule has 0 fully saturated rings. The van der Waals surface area contributed by atoms with Crippen molar-refractivity contribution in [1.29, 1.82) is 0 Å². The summed E-state index contributed by atoms with van der Waals surface area (Å²) in [6.45, 7) is 6.97. The van der Waals surface area contributed by atoms with Crippen LogP contribution in [0.25, 0.3) is 0 Å². The first-order valence-electron chi connectivity index (χ1n) is 6.08. The minimum atomic E-state index is -1.07. The number of hydrogen-bond donors (Lipinski definition) is 1. The Bertz CT molecular complexity index is 315. The lowest BCUT2D eigenvalue weighted by molar-refractivity contribution is 0.462. The molecule has 0 aromatic heterocycles. The van der Waals surface area contributed by atoms with E-state index in [1.165, 1.54) is 23.5 Å². The Morgan fingerprint density at radius 2 is 1.62 bits per heavy atom. The van der Waals surface area contributed by atoms with Crippen LogP contribution in [0.4, 0.5) is 0 Å². The maximum atomic E-state index is 9.72. The molecule has 1 aromatic rings. The van der Waals surface area contributed by atoms with E-state index >= 15 is 0 Å². The van der Waals surface area contributed by atoms with E-state index in [9.17, 15) is 5.11 Å². The fourth-order valence-corrected chi connectivity index (χ4v) is 8.05. The number of rotatable bonds is 6. The van der Waals surface area contributed by atoms with Crippen LogP contribution in [0.3, 0.4) is 0 Å². The zero-order valence-electron chi connectivity index (χ0n) is 10.5. The molecule has 3 heteroatoms. The molecular weight excluding hydrogens is 232 g/mol. The summed E-state index contributed by atoms with van der Waals surface area (Å²) in [5.41, 5.74) is 0. The number of thioether (sulfide) groups is 1. The van der Waals surface area contributed by atoms with Gasteiger partial charge in [0, 0.05) is 4.90 Å². The van der Waals surface area contributed by atoms with Gasteiger partial charge in [0.25, 0.3) is 0 Å². The summed E-state index contributed by atoms with van der Waals surface area (Å²) in [5, 5.41) is 11.0. The van der Waals surface area contributed by atoms with E-state index in [-0.39, 0.29) is 0 Å². The predicted octanol–water partition coefficient (Wildman–Crippen LogP) is 4.53. The van der Waals surface area contributed by atoms with Crippen molar-refractivity contribution >= 4 is 19.8 Å². The Hall–Kier alpha value is -0.413. The van der Waals surface area contributed by atoms with Crippen molar-refractivity contribution in [2.45, 2.75) is 43.8 Å². The second kappa shape index (κ2) is 6.35. The van der Waals surface area contributed by atoms with Crippen LogP contribution in [-0.2, 0) is 0 Å². The molecule has 0 unspecified atom stereocenters. The third-order valence-electron chi connectivity index (χ3n) is 3.65. The molecular formula is C13H22OSSi. The highest BCUT2D eigenvalue weighted by atomic mass is 32.2. The highest BCUT2D eigenvalue weighted by Crippen LogP contribution is 2.33. The van der Waals surface area contributed by atoms with Crippen molar-refractivity contribution in [3.8, 4) is 5.75 Å². The number of hydrogen-bond acceptors (Lipinski definition) is 2. The van der Waals surface area contributed by atoms with E-state index in [4.69, 9.17) is 0 Å². The minimum Gasteiger partial charge on any atom is -0.507 e. The lowest BCUT2D eigenvalue weighted by Crippen LogP contribution is -2.34. The molecule has 0 aliphatic rings. The predicted molar refractivity (Wildman–Crippen MR) is 76.0 cm³/mol. The van der Waals surface area contributed by atoms with E-state index in [1.54, 1.807) is 6.07 Å². The third kappa shape index (κ3) is 3.29. The Labute approximate surface area is 104 Å². The molecule has 0 aliphatic carbocycles. The van der Waals surface area contributed by atoms with Crippen molar-refractivity contribution in [1.82, 2.24) is 0 Å². The Morgan fingerprint density at radius 3 is 2.12 bits per heavy atom. The zero-order chi connectivity index (χ0) is 12.0. The van der Waals surface area contributed by atoms with Crippen LogP contribution in [0.1, 0.15) is 20.8 Å². The molecule has 0 bridgehead atoms. The van der Waals surface area contributed by atoms with Crippen LogP contribution in [-0.4, -0.2) is 18.6 Å². The molecule has 16 heavy (non-hydrogen) atoms. The van der Waals surface area contributed by atoms with Crippen LogP contribution in [0.5, 0.6) is 5.75 Å². The SMILES string of the molecule is CC[Si](CC)(CC)CSc1ccccc1O. The van der Waals surface area contributed by atoms with Gasteiger partial charge < -0.3 is 5.11 Å². The molecule has 0 spiro atoms. The molecule has 0 aliphatic heterocycles. The quantitative estimate of drug-likeness (QED) is 0.594. The van der Waals surface area contributed by atoms with E-state index in [2.05, 4.69) is 20.8 Å². The highest BCUT2D eigenvalue weighted by Gasteiger charge is 2.26. The topological polar surface area (TPSA) is 20.2 Å². The summed E-state index contributed by atoms with van der Waals surface area (Å²) >= 11 is 1.84. The normalized spacial score (nSPS) is 11.7. The fraction of sp³-hybridized carbons (Fsp3) is 0.538. The first-order chi connectivity index (χ1) is 7.67. The molecule has 0 radical (unpaired) electrons. The lowest BCUT2D eigenvalue weighted by atomic mass is 10.3. The van der Waals surface area contributed by atoms with Gasteiger partial charge in [0.2, 0.25) is 0 Å². The van der Waals surface area contributed by atoms with Crippen LogP contribution >= 0.6 is 11.8 Å². The summed E-state index contributed by atoms with van der Waals surface area (Å²) in [6, 6.07) is 11.7. The van der Waals surface area contributed by atoms with Gasteiger partial charge in [-0.25, -0.2) is 0 Å². The molecule has 0 amide bonds. The summed E-state index contributed by atoms with van der Waals surface area (Å²) in [7, 11) is -1.07. The second-order valence-electron chi connectivity index (χ2n) is 4.32. The molecule has 0 saturated heterocycles. The van der Waals surface area contributed by atoms with Crippen LogP contribution in [0.15, 0.2) is 29.2 Å². The average molecular weight is 254 g/mol. The number of phenols is 1. The first-order valence-corrected chi connectivity index (χ1v) is 9.89. The molecule has 1 rings (SSSR count). The Kier molecular flexibility index (Phi) is 5.42. The van der Waals surface area contributed by atoms with Gasteiger partial charge in [0.15, 0.2) is 0 Å². The number of para-hydroxylation sites is 1. The van der Waals surface area contributed by atoms with Crippen molar-refractivity contribution in [3.05, 3.63) is 24.3 Å². The van der Waals surface area contributed by atoms with Gasteiger partial charge in [-0.1, -0.05) is 51.0 Å². The van der Waals surface area contributed by atoms with Crippen LogP contribution in [0.2, 0.25) is 18.1 Å². The Balaban J connectivity index is 2.66. The van der Waals surface area contributed by atoms with Gasteiger partial charge in [-0.15, -0.1) is 11.8 Å². The summed E-state index contributed by atoms with van der Waals surface area (Å²) in [6.07, 6.45) is 0. The summed E-state index contributed by atoms with van der Waals surface area (Å²) in [5.74, 6) is 0.429. The molecule has 0 heterocycles. The van der Waals surface area contributed by atoms with Crippen LogP contribution in [0, 0.1) is 0 Å². The maximum Gasteiger partial charge on any atom is 0.129 e. The van der Waals surface area contributed by atoms with E-state index < -0.39 is 8.07 Å². The minimum absolute atomic E-state index is 0.429. The highest BCUT2D eigenvalue weighted by molar-refractivity contribution is 8.01. The Morgan fingerprint density at radius 1 is 1.06 bits per heavy atom. The first kappa shape index (κ1) is 13.7. The smallest absolute Gasteiger partial charge is 0.129 e. The summed E-state index contributed by atoms with van der Waals surface area (Å²) in [4.78, 5) is 1.04. The average Bonchev–Trinajstić information content (AvgIpc) is 2.34. The van der Waals surface area contributed by atoms with Crippen molar-refractivity contribution in [2.24, 2.45) is 0 Å². The number of benzene rings is 1. The number of phenolic OH excluding ortho intramolecular Hbond substituents is 1. The molecule has 0 atom stereocenters. The maximum absolute atomic E-state index is 9.72. The van der Waals surface area contributed by atoms with Crippen molar-refractivity contribution in [3.63, 3.8) is 0 Å². The van der Waals surface area contributed by atoms with Crippen molar-refractivity contribution in [2.75, 3.05) is 5.38 Å². The van der Waals surface area contributed by atoms with Gasteiger partial charge in [0.1, 0.15) is 5.75 Å². The van der Waals surface area contributed by atoms with Gasteiger partial charge in [-0.3, -0.25) is 0 Å². The van der Waals surface area contributed by atoms with Gasteiger partial charge in [-0.05, 0) is 17.5 Å². The molecule has 1 nitrogen and oxygen atoms in total. The zero-order valence-corrected chi connectivity index (χ0v) is 12.3. The molecule has 0 saturated carbocycles. The van der Waals surface area contributed by atoms with E-state index in [1.807, 2.05) is 30.0 Å². The summed E-state index contributed by atoms with van der Waals surface area (Å²) < 4.78 is 0. The van der Waals surface area contributed by atoms with Gasteiger partial charge in [-0.2, -0.15) is 0 Å². The largest absolute Gasteiger partial charge is 0.507 e. The van der Waals surface area contributed by atoms with Gasteiger partial charge in [0.05, 0.1) is 8.07 Å². The monoisotopic (exact) mass is 254 g/mol. The second-order valence-corrected chi connectivity index (χ2v) is 11.3. The van der Waals surface area contributed by atoms with E-state index in [0.29, 0.717) is 5.75 Å². The fourth-order valence-electron chi connectivity index (χ4n) is 1.87. The van der Waals surface area contributed by atoms with Crippen molar-refractivity contribution < 1.29 is 5.11 Å². The number of aromatic hydroxyl groups is 1. The molecule has 90 valence electrons. The van der Waals surface area contributed by atoms with Gasteiger partial charge >= 0.3 is 0 Å². The molecule has 1 aromatic carbocycles. The molecule has 1 N–H and O–H groups in total. The standard InChI is InChI=1S/C13H22OSSi/c1-4-16(5-2,6-3)11-15-13-10-8-7-9-12(13)14/h7-10,14H,4-6,11H2,1-3H3. The van der Waals surface area contributed by atoms with E-state index in [0.717, 1.165) is 4.90 Å². The lowest BCUT2D eigenvalue weighted by Gasteiger charge is -2.27. The van der Waals surface area contributed by atoms with Crippen LogP contribution < -0.4 is 0 Å². The third-order valence-corrected chi connectivity index (χ3v) is 11.8.